The average Bonchev–Trinajstić information content (AvgIpc) is 3.03. The number of piperidine rings is 1. The number of halogens is 1. The van der Waals surface area contributed by atoms with Gasteiger partial charge >= 0.3 is 5.97 Å². The van der Waals surface area contributed by atoms with Crippen molar-refractivity contribution < 1.29 is 9.53 Å². The van der Waals surface area contributed by atoms with Crippen LogP contribution in [-0.4, -0.2) is 25.7 Å². The lowest BCUT2D eigenvalue weighted by Crippen LogP contribution is -2.44. The van der Waals surface area contributed by atoms with E-state index in [1.165, 1.54) is 12.8 Å². The molecule has 0 bridgehead atoms. The Hall–Kier alpha value is -0.280. The first-order valence-electron chi connectivity index (χ1n) is 5.67. The van der Waals surface area contributed by atoms with Crippen molar-refractivity contribution in [3.63, 3.8) is 0 Å². The molecule has 2 fully saturated rings. The lowest BCUT2D eigenvalue weighted by Gasteiger charge is -2.35. The molecule has 0 aromatic carbocycles. The zero-order chi connectivity index (χ0) is 10.0. The Labute approximate surface area is 97.4 Å². The summed E-state index contributed by atoms with van der Waals surface area (Å²) < 4.78 is 5.22. The lowest BCUT2D eigenvalue weighted by molar-refractivity contribution is -0.158. The molecule has 4 heteroatoms. The molecule has 1 aliphatic heterocycles. The largest absolute Gasteiger partial charge is 0.466 e. The third-order valence-corrected chi connectivity index (χ3v) is 3.54. The van der Waals surface area contributed by atoms with Gasteiger partial charge in [0.1, 0.15) is 0 Å². The molecule has 0 amide bonds. The Morgan fingerprint density at radius 1 is 1.40 bits per heavy atom. The van der Waals surface area contributed by atoms with Crippen molar-refractivity contribution >= 4 is 18.4 Å². The third kappa shape index (κ3) is 2.45. The molecule has 1 saturated carbocycles. The normalized spacial score (nSPS) is 24.1. The molecule has 0 radical (unpaired) electrons. The summed E-state index contributed by atoms with van der Waals surface area (Å²) in [6.07, 6.45) is 4.38. The second-order valence-electron chi connectivity index (χ2n) is 4.40. The molecular formula is C11H20ClNO2. The molecular weight excluding hydrogens is 214 g/mol. The smallest absolute Gasteiger partial charge is 0.312 e. The number of carbonyl (C=O) groups is 1. The van der Waals surface area contributed by atoms with E-state index in [1.807, 2.05) is 6.92 Å². The fourth-order valence-corrected chi connectivity index (χ4v) is 2.56. The van der Waals surface area contributed by atoms with Crippen LogP contribution < -0.4 is 5.32 Å². The van der Waals surface area contributed by atoms with Crippen LogP contribution in [0.2, 0.25) is 0 Å². The molecule has 3 nitrogen and oxygen atoms in total. The molecule has 88 valence electrons. The second kappa shape index (κ2) is 5.17. The van der Waals surface area contributed by atoms with Gasteiger partial charge in [0.2, 0.25) is 0 Å². The highest BCUT2D eigenvalue weighted by molar-refractivity contribution is 5.85. The zero-order valence-electron chi connectivity index (χ0n) is 9.25. The molecule has 2 rings (SSSR count). The van der Waals surface area contributed by atoms with E-state index < -0.39 is 0 Å². The highest BCUT2D eigenvalue weighted by Gasteiger charge is 2.51. The average molecular weight is 234 g/mol. The summed E-state index contributed by atoms with van der Waals surface area (Å²) in [5, 5.41) is 3.31. The van der Waals surface area contributed by atoms with Gasteiger partial charge in [0.05, 0.1) is 12.0 Å². The third-order valence-electron chi connectivity index (χ3n) is 3.54. The molecule has 1 aliphatic carbocycles. The first-order chi connectivity index (χ1) is 6.79. The van der Waals surface area contributed by atoms with E-state index in [-0.39, 0.29) is 23.8 Å². The van der Waals surface area contributed by atoms with Gasteiger partial charge < -0.3 is 10.1 Å². The fraction of sp³-hybridized carbons (Fsp3) is 0.909. The first kappa shape index (κ1) is 12.8. The number of hydrogen-bond acceptors (Lipinski definition) is 3. The number of rotatable bonds is 3. The van der Waals surface area contributed by atoms with E-state index in [0.29, 0.717) is 12.5 Å². The molecule has 0 aromatic rings. The van der Waals surface area contributed by atoms with Gasteiger partial charge in [-0.1, -0.05) is 0 Å². The number of ether oxygens (including phenoxy) is 1. The Balaban J connectivity index is 0.00000112. The minimum atomic E-state index is -0.124. The van der Waals surface area contributed by atoms with E-state index in [4.69, 9.17) is 4.74 Å². The van der Waals surface area contributed by atoms with Gasteiger partial charge in [0.25, 0.3) is 0 Å². The number of esters is 1. The predicted octanol–water partition coefficient (Wildman–Crippen LogP) is 1.75. The van der Waals surface area contributed by atoms with Gasteiger partial charge in [0, 0.05) is 0 Å². The Morgan fingerprint density at radius 2 is 2.00 bits per heavy atom. The maximum atomic E-state index is 12.0. The molecule has 0 aromatic heterocycles. The monoisotopic (exact) mass is 233 g/mol. The van der Waals surface area contributed by atoms with E-state index >= 15 is 0 Å². The van der Waals surface area contributed by atoms with E-state index in [9.17, 15) is 4.79 Å². The van der Waals surface area contributed by atoms with E-state index in [2.05, 4.69) is 5.32 Å². The highest BCUT2D eigenvalue weighted by atomic mass is 35.5. The summed E-state index contributed by atoms with van der Waals surface area (Å²) in [5.74, 6) is 0.674. The zero-order valence-corrected chi connectivity index (χ0v) is 10.1. The number of nitrogens with one attached hydrogen (secondary N) is 1. The lowest BCUT2D eigenvalue weighted by atomic mass is 9.74. The maximum absolute atomic E-state index is 12.0. The molecule has 0 unspecified atom stereocenters. The van der Waals surface area contributed by atoms with Crippen LogP contribution in [0.4, 0.5) is 0 Å². The summed E-state index contributed by atoms with van der Waals surface area (Å²) in [6, 6.07) is 0. The topological polar surface area (TPSA) is 38.3 Å². The van der Waals surface area contributed by atoms with Gasteiger partial charge in [-0.2, -0.15) is 0 Å². The SMILES string of the molecule is CCOC(=O)C1(C2CC2)CCNCC1.Cl. The summed E-state index contributed by atoms with van der Waals surface area (Å²) in [7, 11) is 0. The van der Waals surface area contributed by atoms with Crippen LogP contribution in [0.15, 0.2) is 0 Å². The Kier molecular flexibility index (Phi) is 4.41. The van der Waals surface area contributed by atoms with E-state index in [0.717, 1.165) is 25.9 Å². The molecule has 1 saturated heterocycles. The summed E-state index contributed by atoms with van der Waals surface area (Å²) in [5.41, 5.74) is -0.124. The van der Waals surface area contributed by atoms with Gasteiger partial charge in [-0.05, 0) is 51.6 Å². The van der Waals surface area contributed by atoms with Crippen molar-refractivity contribution in [1.29, 1.82) is 0 Å². The second-order valence-corrected chi connectivity index (χ2v) is 4.40. The van der Waals surface area contributed by atoms with Crippen LogP contribution in [0, 0.1) is 11.3 Å². The van der Waals surface area contributed by atoms with Crippen molar-refractivity contribution in [2.75, 3.05) is 19.7 Å². The van der Waals surface area contributed by atoms with Crippen LogP contribution in [-0.2, 0) is 9.53 Å². The molecule has 0 atom stereocenters. The molecule has 1 heterocycles. The molecule has 15 heavy (non-hydrogen) atoms. The van der Waals surface area contributed by atoms with Gasteiger partial charge in [-0.25, -0.2) is 0 Å². The standard InChI is InChI=1S/C11H19NO2.ClH/c1-2-14-10(13)11(9-3-4-9)5-7-12-8-6-11;/h9,12H,2-8H2,1H3;1H. The van der Waals surface area contributed by atoms with Gasteiger partial charge in [-0.3, -0.25) is 4.79 Å². The maximum Gasteiger partial charge on any atom is 0.312 e. The molecule has 2 aliphatic rings. The van der Waals surface area contributed by atoms with Gasteiger partial charge in [0.15, 0.2) is 0 Å². The van der Waals surface area contributed by atoms with Crippen LogP contribution in [0.5, 0.6) is 0 Å². The number of carbonyl (C=O) groups excluding carboxylic acids is 1. The molecule has 1 N–H and O–H groups in total. The van der Waals surface area contributed by atoms with Gasteiger partial charge in [-0.15, -0.1) is 12.4 Å². The summed E-state index contributed by atoms with van der Waals surface area (Å²) >= 11 is 0. The molecule has 0 spiro atoms. The minimum absolute atomic E-state index is 0. The summed E-state index contributed by atoms with van der Waals surface area (Å²) in [4.78, 5) is 12.0. The van der Waals surface area contributed by atoms with E-state index in [1.54, 1.807) is 0 Å². The van der Waals surface area contributed by atoms with Crippen LogP contribution >= 0.6 is 12.4 Å². The van der Waals surface area contributed by atoms with Crippen molar-refractivity contribution in [2.24, 2.45) is 11.3 Å². The van der Waals surface area contributed by atoms with Crippen molar-refractivity contribution in [1.82, 2.24) is 5.32 Å². The van der Waals surface area contributed by atoms with Crippen molar-refractivity contribution in [3.05, 3.63) is 0 Å². The predicted molar refractivity (Wildman–Crippen MR) is 61.1 cm³/mol. The van der Waals surface area contributed by atoms with Crippen molar-refractivity contribution in [3.8, 4) is 0 Å². The minimum Gasteiger partial charge on any atom is -0.466 e. The highest BCUT2D eigenvalue weighted by Crippen LogP contribution is 2.51. The Bertz CT molecular complexity index is 223. The first-order valence-corrected chi connectivity index (χ1v) is 5.67. The number of hydrogen-bond donors (Lipinski definition) is 1. The summed E-state index contributed by atoms with van der Waals surface area (Å²) in [6.45, 7) is 4.34. The van der Waals surface area contributed by atoms with Crippen LogP contribution in [0.25, 0.3) is 0 Å². The quantitative estimate of drug-likeness (QED) is 0.755. The Morgan fingerprint density at radius 3 is 2.47 bits per heavy atom. The van der Waals surface area contributed by atoms with Crippen LogP contribution in [0.3, 0.4) is 0 Å². The van der Waals surface area contributed by atoms with Crippen LogP contribution in [0.1, 0.15) is 32.6 Å². The van der Waals surface area contributed by atoms with Crippen molar-refractivity contribution in [2.45, 2.75) is 32.6 Å². The fourth-order valence-electron chi connectivity index (χ4n) is 2.56.